The third kappa shape index (κ3) is 6.32. The monoisotopic (exact) mass is 478 g/mol. The van der Waals surface area contributed by atoms with Gasteiger partial charge in [-0.2, -0.15) is 0 Å². The summed E-state index contributed by atoms with van der Waals surface area (Å²) < 4.78 is 8.15. The van der Waals surface area contributed by atoms with Gasteiger partial charge in [-0.25, -0.2) is 4.79 Å². The van der Waals surface area contributed by atoms with Crippen LogP contribution in [0.1, 0.15) is 46.0 Å². The van der Waals surface area contributed by atoms with Crippen molar-refractivity contribution in [2.24, 2.45) is 11.8 Å². The molecule has 1 aliphatic carbocycles. The van der Waals surface area contributed by atoms with E-state index in [2.05, 4.69) is 10.6 Å². The van der Waals surface area contributed by atoms with E-state index in [-0.39, 0.29) is 41.8 Å². The molecule has 182 valence electrons. The number of hydrogen-bond acceptors (Lipinski definition) is 6. The van der Waals surface area contributed by atoms with E-state index in [1.54, 1.807) is 18.6 Å². The molecular formula is C23H34N4O5S. The van der Waals surface area contributed by atoms with Gasteiger partial charge in [-0.15, -0.1) is 11.3 Å². The summed E-state index contributed by atoms with van der Waals surface area (Å²) in [5.74, 6) is -0.0814. The Kier molecular flexibility index (Phi) is 8.85. The molecule has 2 aromatic rings. The maximum atomic E-state index is 13.2. The number of hydrogen-bond donors (Lipinski definition) is 2. The zero-order valence-electron chi connectivity index (χ0n) is 19.6. The highest BCUT2D eigenvalue weighted by Crippen LogP contribution is 2.29. The van der Waals surface area contributed by atoms with Gasteiger partial charge in [0.1, 0.15) is 11.2 Å². The van der Waals surface area contributed by atoms with Crippen LogP contribution in [0.25, 0.3) is 10.2 Å². The molecule has 0 spiro atoms. The molecule has 1 aliphatic rings. The summed E-state index contributed by atoms with van der Waals surface area (Å²) in [6.45, 7) is 5.12. The molecule has 2 aromatic heterocycles. The van der Waals surface area contributed by atoms with E-state index < -0.39 is 5.69 Å². The zero-order chi connectivity index (χ0) is 24.0. The van der Waals surface area contributed by atoms with Gasteiger partial charge in [-0.1, -0.05) is 0 Å². The number of carbonyl (C=O) groups excluding carboxylic acids is 2. The molecule has 2 amide bonds. The van der Waals surface area contributed by atoms with E-state index in [1.807, 2.05) is 13.8 Å². The van der Waals surface area contributed by atoms with Crippen molar-refractivity contribution in [3.05, 3.63) is 32.3 Å². The van der Waals surface area contributed by atoms with Crippen LogP contribution >= 0.6 is 11.3 Å². The number of ether oxygens (including phenoxy) is 1. The summed E-state index contributed by atoms with van der Waals surface area (Å²) >= 11 is 1.28. The number of rotatable bonds is 10. The number of methoxy groups -OCH3 is 1. The first-order valence-corrected chi connectivity index (χ1v) is 12.5. The third-order valence-corrected chi connectivity index (χ3v) is 6.96. The molecule has 0 unspecified atom stereocenters. The van der Waals surface area contributed by atoms with Crippen molar-refractivity contribution in [2.75, 3.05) is 20.3 Å². The summed E-state index contributed by atoms with van der Waals surface area (Å²) in [5, 5.41) is 7.53. The molecule has 2 heterocycles. The molecule has 9 nitrogen and oxygen atoms in total. The highest BCUT2D eigenvalue weighted by atomic mass is 32.1. The van der Waals surface area contributed by atoms with Crippen molar-refractivity contribution >= 4 is 33.4 Å². The Morgan fingerprint density at radius 3 is 2.58 bits per heavy atom. The molecular weight excluding hydrogens is 444 g/mol. The lowest BCUT2D eigenvalue weighted by atomic mass is 9.81. The smallest absolute Gasteiger partial charge is 0.332 e. The predicted octanol–water partition coefficient (Wildman–Crippen LogP) is 1.71. The maximum Gasteiger partial charge on any atom is 0.332 e. The van der Waals surface area contributed by atoms with Gasteiger partial charge >= 0.3 is 5.69 Å². The van der Waals surface area contributed by atoms with Crippen LogP contribution in [-0.2, 0) is 27.4 Å². The van der Waals surface area contributed by atoms with Gasteiger partial charge in [-0.3, -0.25) is 23.5 Å². The summed E-state index contributed by atoms with van der Waals surface area (Å²) in [4.78, 5) is 51.0. The van der Waals surface area contributed by atoms with Crippen molar-refractivity contribution < 1.29 is 14.3 Å². The van der Waals surface area contributed by atoms with Gasteiger partial charge in [0, 0.05) is 38.8 Å². The molecule has 0 aromatic carbocycles. The number of carbonyl (C=O) groups is 2. The van der Waals surface area contributed by atoms with Gasteiger partial charge in [0.15, 0.2) is 0 Å². The van der Waals surface area contributed by atoms with Crippen LogP contribution in [0.4, 0.5) is 0 Å². The third-order valence-electron chi connectivity index (χ3n) is 6.07. The average molecular weight is 479 g/mol. The number of amides is 2. The normalized spacial score (nSPS) is 18.5. The van der Waals surface area contributed by atoms with Gasteiger partial charge in [0.25, 0.3) is 5.56 Å². The predicted molar refractivity (Wildman–Crippen MR) is 129 cm³/mol. The second-order valence-electron chi connectivity index (χ2n) is 9.00. The lowest BCUT2D eigenvalue weighted by Gasteiger charge is -2.28. The van der Waals surface area contributed by atoms with Crippen LogP contribution in [0.5, 0.6) is 0 Å². The van der Waals surface area contributed by atoms with Gasteiger partial charge in [-0.05, 0) is 63.3 Å². The van der Waals surface area contributed by atoms with E-state index in [0.717, 1.165) is 32.1 Å². The molecule has 2 N–H and O–H groups in total. The highest BCUT2D eigenvalue weighted by Gasteiger charge is 2.27. The van der Waals surface area contributed by atoms with Crippen LogP contribution in [-0.4, -0.2) is 47.3 Å². The molecule has 1 saturated carbocycles. The molecule has 0 saturated heterocycles. The van der Waals surface area contributed by atoms with Crippen molar-refractivity contribution in [3.8, 4) is 0 Å². The number of nitrogens with zero attached hydrogens (tertiary/aromatic N) is 2. The molecule has 33 heavy (non-hydrogen) atoms. The van der Waals surface area contributed by atoms with Crippen molar-refractivity contribution in [2.45, 2.75) is 65.1 Å². The Hall–Kier alpha value is -2.46. The number of thiophene rings is 1. The lowest BCUT2D eigenvalue weighted by molar-refractivity contribution is -0.126. The second kappa shape index (κ2) is 11.6. The quantitative estimate of drug-likeness (QED) is 0.505. The first-order valence-electron chi connectivity index (χ1n) is 11.6. The number of fused-ring (bicyclic) bond motifs is 1. The molecule has 10 heteroatoms. The largest absolute Gasteiger partial charge is 0.385 e. The van der Waals surface area contributed by atoms with Crippen molar-refractivity contribution in [1.82, 2.24) is 19.8 Å². The second-order valence-corrected chi connectivity index (χ2v) is 9.91. The minimum Gasteiger partial charge on any atom is -0.385 e. The Balaban J connectivity index is 1.70. The fourth-order valence-electron chi connectivity index (χ4n) is 4.40. The number of nitrogens with one attached hydrogen (secondary N) is 2. The molecule has 1 fully saturated rings. The fraction of sp³-hybridized carbons (Fsp3) is 0.652. The first-order chi connectivity index (χ1) is 15.8. The molecule has 0 bridgehead atoms. The van der Waals surface area contributed by atoms with Crippen LogP contribution in [0.2, 0.25) is 0 Å². The fourth-order valence-corrected chi connectivity index (χ4v) is 5.24. The van der Waals surface area contributed by atoms with Crippen LogP contribution < -0.4 is 21.9 Å². The van der Waals surface area contributed by atoms with E-state index in [0.29, 0.717) is 29.9 Å². The molecule has 3 rings (SSSR count). The van der Waals surface area contributed by atoms with E-state index in [9.17, 15) is 19.2 Å². The van der Waals surface area contributed by atoms with Crippen LogP contribution in [0, 0.1) is 11.8 Å². The van der Waals surface area contributed by atoms with Crippen LogP contribution in [0.3, 0.4) is 0 Å². The van der Waals surface area contributed by atoms with Crippen molar-refractivity contribution in [1.29, 1.82) is 0 Å². The van der Waals surface area contributed by atoms with E-state index in [1.165, 1.54) is 20.5 Å². The Labute approximate surface area is 197 Å². The van der Waals surface area contributed by atoms with E-state index >= 15 is 0 Å². The first kappa shape index (κ1) is 25.2. The Bertz CT molecular complexity index is 1080. The molecule has 0 atom stereocenters. The lowest BCUT2D eigenvalue weighted by Crippen LogP contribution is -2.44. The summed E-state index contributed by atoms with van der Waals surface area (Å²) in [5.41, 5.74) is -0.259. The van der Waals surface area contributed by atoms with Gasteiger partial charge < -0.3 is 15.4 Å². The molecule has 0 radical (unpaired) electrons. The molecule has 0 aliphatic heterocycles. The van der Waals surface area contributed by atoms with Crippen molar-refractivity contribution in [3.63, 3.8) is 0 Å². The topological polar surface area (TPSA) is 111 Å². The minimum atomic E-state index is -0.456. The zero-order valence-corrected chi connectivity index (χ0v) is 20.4. The Morgan fingerprint density at radius 1 is 1.18 bits per heavy atom. The average Bonchev–Trinajstić information content (AvgIpc) is 3.27. The highest BCUT2D eigenvalue weighted by molar-refractivity contribution is 7.17. The van der Waals surface area contributed by atoms with Gasteiger partial charge in [0.2, 0.25) is 11.8 Å². The summed E-state index contributed by atoms with van der Waals surface area (Å²) in [6.07, 6.45) is 3.81. The standard InChI is InChI=1S/C23H34N4O5S/c1-15(2)25-19(28)14-26-18-9-12-33-20(18)22(30)27(23(26)31)13-16-5-7-17(8-6-16)21(29)24-10-4-11-32-3/h9,12,15-17H,4-8,10-11,13-14H2,1-3H3,(H,24,29)(H,25,28). The van der Waals surface area contributed by atoms with E-state index in [4.69, 9.17) is 4.74 Å². The number of aromatic nitrogens is 2. The minimum absolute atomic E-state index is 0.0309. The summed E-state index contributed by atoms with van der Waals surface area (Å²) in [7, 11) is 1.64. The van der Waals surface area contributed by atoms with Gasteiger partial charge in [0.05, 0.1) is 5.52 Å². The summed E-state index contributed by atoms with van der Waals surface area (Å²) in [6, 6.07) is 1.68. The Morgan fingerprint density at radius 2 is 1.91 bits per heavy atom. The van der Waals surface area contributed by atoms with Crippen LogP contribution in [0.15, 0.2) is 21.0 Å². The maximum absolute atomic E-state index is 13.2. The SMILES string of the molecule is COCCCNC(=O)C1CCC(Cn2c(=O)c3sccc3n(CC(=O)NC(C)C)c2=O)CC1.